The van der Waals surface area contributed by atoms with Crippen LogP contribution >= 0.6 is 12.4 Å². The molecule has 168 valence electrons. The maximum Gasteiger partial charge on any atom is 0.229 e. The molecule has 0 bridgehead atoms. The topological polar surface area (TPSA) is 81.2 Å². The molecule has 8 heteroatoms. The second kappa shape index (κ2) is 12.8. The molecule has 0 aliphatic carbocycles. The van der Waals surface area contributed by atoms with Crippen molar-refractivity contribution in [2.75, 3.05) is 31.4 Å². The minimum absolute atomic E-state index is 0. The predicted octanol–water partition coefficient (Wildman–Crippen LogP) is 5.98. The Labute approximate surface area is 190 Å². The largest absolute Gasteiger partial charge is 0.493 e. The molecule has 1 aromatic carbocycles. The Morgan fingerprint density at radius 2 is 1.55 bits per heavy atom. The van der Waals surface area contributed by atoms with Crippen molar-refractivity contribution in [3.8, 4) is 11.5 Å². The van der Waals surface area contributed by atoms with E-state index in [0.29, 0.717) is 17.4 Å². The van der Waals surface area contributed by atoms with Crippen LogP contribution in [0, 0.1) is 0 Å². The normalized spacial score (nSPS) is 10.4. The summed E-state index contributed by atoms with van der Waals surface area (Å²) < 4.78 is 10.9. The highest BCUT2D eigenvalue weighted by molar-refractivity contribution is 5.93. The van der Waals surface area contributed by atoms with E-state index in [4.69, 9.17) is 14.5 Å². The van der Waals surface area contributed by atoms with Crippen LogP contribution in [0.1, 0.15) is 45.4 Å². The molecule has 0 fully saturated rings. The molecule has 7 nitrogen and oxygen atoms in total. The highest BCUT2D eigenvalue weighted by atomic mass is 35.5. The van der Waals surface area contributed by atoms with E-state index in [9.17, 15) is 0 Å². The number of nitrogens with zero attached hydrogens (tertiary/aromatic N) is 3. The molecule has 0 saturated carbocycles. The van der Waals surface area contributed by atoms with Crippen LogP contribution in [-0.2, 0) is 0 Å². The molecule has 2 heterocycles. The minimum Gasteiger partial charge on any atom is -0.493 e. The van der Waals surface area contributed by atoms with Gasteiger partial charge < -0.3 is 20.1 Å². The van der Waals surface area contributed by atoms with Gasteiger partial charge in [-0.05, 0) is 24.6 Å². The minimum atomic E-state index is 0. The molecular formula is C23H32ClN5O2. The molecule has 0 aliphatic heterocycles. The van der Waals surface area contributed by atoms with Crippen molar-refractivity contribution in [1.29, 1.82) is 0 Å². The van der Waals surface area contributed by atoms with Gasteiger partial charge in [-0.2, -0.15) is 4.98 Å². The maximum atomic E-state index is 5.47. The number of pyridine rings is 1. The average Bonchev–Trinajstić information content (AvgIpc) is 2.78. The van der Waals surface area contributed by atoms with Gasteiger partial charge in [0.1, 0.15) is 5.82 Å². The van der Waals surface area contributed by atoms with Crippen molar-refractivity contribution in [3.63, 3.8) is 0 Å². The van der Waals surface area contributed by atoms with Crippen molar-refractivity contribution in [2.45, 2.75) is 45.4 Å². The first-order chi connectivity index (χ1) is 14.7. The Bertz CT molecular complexity index is 940. The molecule has 3 aromatic rings. The third kappa shape index (κ3) is 6.85. The Morgan fingerprint density at radius 3 is 2.26 bits per heavy atom. The zero-order chi connectivity index (χ0) is 21.2. The summed E-state index contributed by atoms with van der Waals surface area (Å²) in [5, 5.41) is 7.65. The Hall–Kier alpha value is -2.80. The number of ether oxygens (including phenoxy) is 2. The average molecular weight is 446 g/mol. The van der Waals surface area contributed by atoms with E-state index in [0.717, 1.165) is 35.4 Å². The third-order valence-corrected chi connectivity index (χ3v) is 4.96. The van der Waals surface area contributed by atoms with E-state index < -0.39 is 0 Å². The smallest absolute Gasteiger partial charge is 0.229 e. The van der Waals surface area contributed by atoms with E-state index in [-0.39, 0.29) is 12.4 Å². The number of hydrogen-bond donors (Lipinski definition) is 2. The molecule has 2 aromatic heterocycles. The Balaban J connectivity index is 0.00000341. The van der Waals surface area contributed by atoms with Crippen molar-refractivity contribution in [1.82, 2.24) is 15.0 Å². The Morgan fingerprint density at radius 1 is 0.871 bits per heavy atom. The lowest BCUT2D eigenvalue weighted by Gasteiger charge is -2.14. The van der Waals surface area contributed by atoms with Gasteiger partial charge in [0, 0.05) is 36.1 Å². The summed E-state index contributed by atoms with van der Waals surface area (Å²) in [5.74, 6) is 2.60. The first kappa shape index (κ1) is 24.5. The van der Waals surface area contributed by atoms with Gasteiger partial charge in [-0.25, -0.2) is 4.98 Å². The summed E-state index contributed by atoms with van der Waals surface area (Å²) in [6.45, 7) is 3.10. The van der Waals surface area contributed by atoms with Crippen molar-refractivity contribution in [2.24, 2.45) is 0 Å². The monoisotopic (exact) mass is 445 g/mol. The van der Waals surface area contributed by atoms with Gasteiger partial charge in [-0.1, -0.05) is 39.0 Å². The number of fused-ring (bicyclic) bond motifs is 1. The maximum absolute atomic E-state index is 5.47. The molecule has 31 heavy (non-hydrogen) atoms. The van der Waals surface area contributed by atoms with Gasteiger partial charge in [0.05, 0.1) is 19.7 Å². The predicted molar refractivity (Wildman–Crippen MR) is 129 cm³/mol. The molecule has 0 aliphatic rings. The zero-order valence-electron chi connectivity index (χ0n) is 18.5. The van der Waals surface area contributed by atoms with E-state index >= 15 is 0 Å². The highest BCUT2D eigenvalue weighted by Gasteiger charge is 2.13. The number of anilines is 3. The SMILES string of the molecule is CCCCCCCCNc1nc(Nc2ccncc2)nc2cc(OC)c(OC)cc12.Cl. The quantitative estimate of drug-likeness (QED) is 0.332. The molecule has 3 rings (SSSR count). The lowest BCUT2D eigenvalue weighted by Crippen LogP contribution is -2.07. The second-order valence-corrected chi connectivity index (χ2v) is 7.18. The fourth-order valence-electron chi connectivity index (χ4n) is 3.32. The van der Waals surface area contributed by atoms with Crippen LogP contribution in [0.4, 0.5) is 17.5 Å². The van der Waals surface area contributed by atoms with Gasteiger partial charge in [0.25, 0.3) is 0 Å². The van der Waals surface area contributed by atoms with Crippen molar-refractivity contribution < 1.29 is 9.47 Å². The summed E-state index contributed by atoms with van der Waals surface area (Å²) in [6, 6.07) is 7.56. The number of rotatable bonds is 12. The van der Waals surface area contributed by atoms with Gasteiger partial charge in [0.2, 0.25) is 5.95 Å². The number of methoxy groups -OCH3 is 2. The summed E-state index contributed by atoms with van der Waals surface area (Å²) in [6.07, 6.45) is 11.0. The first-order valence-electron chi connectivity index (χ1n) is 10.6. The van der Waals surface area contributed by atoms with E-state index in [1.54, 1.807) is 26.6 Å². The van der Waals surface area contributed by atoms with Gasteiger partial charge in [-0.3, -0.25) is 4.98 Å². The first-order valence-corrected chi connectivity index (χ1v) is 10.6. The van der Waals surface area contributed by atoms with E-state index in [2.05, 4.69) is 27.5 Å². The van der Waals surface area contributed by atoms with Crippen LogP contribution in [0.5, 0.6) is 11.5 Å². The van der Waals surface area contributed by atoms with Crippen LogP contribution < -0.4 is 20.1 Å². The molecule has 0 atom stereocenters. The lowest BCUT2D eigenvalue weighted by atomic mass is 10.1. The van der Waals surface area contributed by atoms with Crippen molar-refractivity contribution >= 4 is 40.8 Å². The molecule has 0 radical (unpaired) electrons. The third-order valence-electron chi connectivity index (χ3n) is 4.96. The molecular weight excluding hydrogens is 414 g/mol. The van der Waals surface area contributed by atoms with Crippen LogP contribution in [0.15, 0.2) is 36.7 Å². The van der Waals surface area contributed by atoms with Gasteiger partial charge in [0.15, 0.2) is 11.5 Å². The Kier molecular flexibility index (Phi) is 10.1. The number of nitrogens with one attached hydrogen (secondary N) is 2. The van der Waals surface area contributed by atoms with Crippen LogP contribution in [0.3, 0.4) is 0 Å². The lowest BCUT2D eigenvalue weighted by molar-refractivity contribution is 0.356. The zero-order valence-corrected chi connectivity index (χ0v) is 19.3. The van der Waals surface area contributed by atoms with E-state index in [1.807, 2.05) is 24.3 Å². The summed E-state index contributed by atoms with van der Waals surface area (Å²) >= 11 is 0. The van der Waals surface area contributed by atoms with Crippen LogP contribution in [0.25, 0.3) is 10.9 Å². The van der Waals surface area contributed by atoms with Gasteiger partial charge in [-0.15, -0.1) is 12.4 Å². The molecule has 0 saturated heterocycles. The number of unbranched alkanes of at least 4 members (excludes halogenated alkanes) is 5. The van der Waals surface area contributed by atoms with E-state index in [1.165, 1.54) is 32.1 Å². The fraction of sp³-hybridized carbons (Fsp3) is 0.435. The number of aromatic nitrogens is 3. The number of halogens is 1. The molecule has 2 N–H and O–H groups in total. The second-order valence-electron chi connectivity index (χ2n) is 7.18. The summed E-state index contributed by atoms with van der Waals surface area (Å²) in [4.78, 5) is 13.4. The number of benzene rings is 1. The molecule has 0 unspecified atom stereocenters. The molecule has 0 amide bonds. The summed E-state index contributed by atoms with van der Waals surface area (Å²) in [5.41, 5.74) is 1.66. The fourth-order valence-corrected chi connectivity index (χ4v) is 3.32. The van der Waals surface area contributed by atoms with Crippen molar-refractivity contribution in [3.05, 3.63) is 36.7 Å². The highest BCUT2D eigenvalue weighted by Crippen LogP contribution is 2.35. The van der Waals surface area contributed by atoms with Crippen LogP contribution in [0.2, 0.25) is 0 Å². The summed E-state index contributed by atoms with van der Waals surface area (Å²) in [7, 11) is 3.26. The molecule has 0 spiro atoms. The van der Waals surface area contributed by atoms with Crippen LogP contribution in [-0.4, -0.2) is 35.7 Å². The standard InChI is InChI=1S/C23H31N5O2.ClH/c1-4-5-6-7-8-9-12-25-22-18-15-20(29-2)21(30-3)16-19(18)27-23(28-22)26-17-10-13-24-14-11-17;/h10-11,13-16H,4-9,12H2,1-3H3,(H2,24,25,26,27,28);1H. The van der Waals surface area contributed by atoms with Gasteiger partial charge >= 0.3 is 0 Å². The number of hydrogen-bond acceptors (Lipinski definition) is 7.